The van der Waals surface area contributed by atoms with Gasteiger partial charge in [-0.15, -0.1) is 0 Å². The first-order chi connectivity index (χ1) is 15.4. The minimum atomic E-state index is -3.68. The molecule has 0 radical (unpaired) electrons. The highest BCUT2D eigenvalue weighted by molar-refractivity contribution is 7.90. The molecule has 0 saturated carbocycles. The second-order valence-electron chi connectivity index (χ2n) is 8.78. The molecule has 10 heteroatoms. The van der Waals surface area contributed by atoms with Gasteiger partial charge in [-0.1, -0.05) is 24.3 Å². The Labute approximate surface area is 193 Å². The Morgan fingerprint density at radius 1 is 1.15 bits per heavy atom. The highest BCUT2D eigenvalue weighted by Gasteiger charge is 2.31. The van der Waals surface area contributed by atoms with E-state index >= 15 is 0 Å². The highest BCUT2D eigenvalue weighted by atomic mass is 32.2. The molecule has 0 aromatic heterocycles. The predicted molar refractivity (Wildman–Crippen MR) is 126 cm³/mol. The molecule has 1 aliphatic rings. The predicted octanol–water partition coefficient (Wildman–Crippen LogP) is 3.12. The lowest BCUT2D eigenvalue weighted by Gasteiger charge is -2.24. The van der Waals surface area contributed by atoms with Crippen molar-refractivity contribution < 1.29 is 22.7 Å². The molecular formula is C23H28N4O5S. The summed E-state index contributed by atoms with van der Waals surface area (Å²) < 4.78 is 32.2. The molecule has 2 amide bonds. The van der Waals surface area contributed by atoms with E-state index in [1.807, 2.05) is 6.07 Å². The Kier molecular flexibility index (Phi) is 6.78. The number of amidine groups is 1. The van der Waals surface area contributed by atoms with Crippen molar-refractivity contribution in [1.82, 2.24) is 9.62 Å². The summed E-state index contributed by atoms with van der Waals surface area (Å²) in [5, 5.41) is 2.78. The van der Waals surface area contributed by atoms with E-state index in [4.69, 9.17) is 4.74 Å². The topological polar surface area (TPSA) is 117 Å². The van der Waals surface area contributed by atoms with Crippen LogP contribution in [-0.4, -0.2) is 49.8 Å². The van der Waals surface area contributed by atoms with Crippen LogP contribution < -0.4 is 10.0 Å². The third-order valence-corrected chi connectivity index (χ3v) is 6.08. The van der Waals surface area contributed by atoms with Crippen molar-refractivity contribution in [2.75, 3.05) is 12.4 Å². The molecule has 0 spiro atoms. The number of amides is 2. The van der Waals surface area contributed by atoms with Gasteiger partial charge < -0.3 is 15.0 Å². The van der Waals surface area contributed by atoms with E-state index in [-0.39, 0.29) is 10.7 Å². The van der Waals surface area contributed by atoms with Crippen LogP contribution in [-0.2, 0) is 26.1 Å². The smallest absolute Gasteiger partial charge is 0.410 e. The van der Waals surface area contributed by atoms with Crippen LogP contribution >= 0.6 is 0 Å². The van der Waals surface area contributed by atoms with Gasteiger partial charge in [-0.3, -0.25) is 14.5 Å². The molecule has 3 rings (SSSR count). The molecule has 2 aromatic carbocycles. The maximum Gasteiger partial charge on any atom is 0.410 e. The quantitative estimate of drug-likeness (QED) is 0.693. The van der Waals surface area contributed by atoms with Crippen molar-refractivity contribution in [1.29, 1.82) is 0 Å². The van der Waals surface area contributed by atoms with E-state index in [9.17, 15) is 18.0 Å². The molecule has 1 atom stereocenters. The van der Waals surface area contributed by atoms with Crippen LogP contribution in [0.2, 0.25) is 0 Å². The number of hydrogen-bond donors (Lipinski definition) is 2. The monoisotopic (exact) mass is 472 g/mol. The Bertz CT molecular complexity index is 1200. The van der Waals surface area contributed by atoms with E-state index < -0.39 is 33.7 Å². The zero-order valence-electron chi connectivity index (χ0n) is 19.2. The molecule has 0 bridgehead atoms. The van der Waals surface area contributed by atoms with Crippen LogP contribution in [0.5, 0.6) is 0 Å². The first-order valence-corrected chi connectivity index (χ1v) is 11.9. The number of benzene rings is 2. The van der Waals surface area contributed by atoms with E-state index in [0.717, 1.165) is 5.56 Å². The molecular weight excluding hydrogens is 444 g/mol. The largest absolute Gasteiger partial charge is 0.444 e. The van der Waals surface area contributed by atoms with Gasteiger partial charge in [0.05, 0.1) is 4.90 Å². The number of aliphatic imine (C=N–C) groups is 1. The Balaban J connectivity index is 1.68. The first kappa shape index (κ1) is 24.2. The van der Waals surface area contributed by atoms with Crippen LogP contribution in [0.4, 0.5) is 10.5 Å². The van der Waals surface area contributed by atoms with E-state index in [0.29, 0.717) is 17.8 Å². The second kappa shape index (κ2) is 9.22. The van der Waals surface area contributed by atoms with Crippen molar-refractivity contribution in [3.63, 3.8) is 0 Å². The molecule has 0 saturated heterocycles. The van der Waals surface area contributed by atoms with Gasteiger partial charge in [-0.05, 0) is 57.5 Å². The summed E-state index contributed by atoms with van der Waals surface area (Å²) in [5.74, 6) is -0.260. The Hall–Kier alpha value is -3.40. The third kappa shape index (κ3) is 6.10. The number of ether oxygens (including phenoxy) is 1. The average molecular weight is 473 g/mol. The minimum absolute atomic E-state index is 0.137. The van der Waals surface area contributed by atoms with Crippen LogP contribution in [0.25, 0.3) is 0 Å². The minimum Gasteiger partial charge on any atom is -0.444 e. The van der Waals surface area contributed by atoms with Crippen LogP contribution in [0.15, 0.2) is 58.4 Å². The SMILES string of the molecule is C[C@H](N=C1NS(=O)(=O)c2ccccc21)C(=O)Nc1cccc(CN(C)C(=O)OC(C)(C)C)c1. The Morgan fingerprint density at radius 3 is 2.55 bits per heavy atom. The van der Waals surface area contributed by atoms with Crippen molar-refractivity contribution >= 4 is 33.5 Å². The first-order valence-electron chi connectivity index (χ1n) is 10.4. The van der Waals surface area contributed by atoms with Crippen molar-refractivity contribution in [2.24, 2.45) is 4.99 Å². The number of fused-ring (bicyclic) bond motifs is 1. The number of nitrogens with one attached hydrogen (secondary N) is 2. The number of rotatable bonds is 5. The van der Waals surface area contributed by atoms with Crippen molar-refractivity contribution in [3.05, 3.63) is 59.7 Å². The summed E-state index contributed by atoms with van der Waals surface area (Å²) in [4.78, 5) is 30.7. The van der Waals surface area contributed by atoms with Crippen molar-refractivity contribution in [3.8, 4) is 0 Å². The van der Waals surface area contributed by atoms with E-state index in [1.54, 1.807) is 71.1 Å². The van der Waals surface area contributed by atoms with Gasteiger partial charge >= 0.3 is 6.09 Å². The molecule has 1 aliphatic heterocycles. The molecule has 2 aromatic rings. The average Bonchev–Trinajstić information content (AvgIpc) is 2.97. The van der Waals surface area contributed by atoms with E-state index in [2.05, 4.69) is 15.0 Å². The fourth-order valence-corrected chi connectivity index (χ4v) is 4.39. The summed E-state index contributed by atoms with van der Waals surface area (Å²) in [5.41, 5.74) is 1.18. The highest BCUT2D eigenvalue weighted by Crippen LogP contribution is 2.23. The number of carbonyl (C=O) groups excluding carboxylic acids is 2. The lowest BCUT2D eigenvalue weighted by Crippen LogP contribution is -2.33. The van der Waals surface area contributed by atoms with Gasteiger partial charge in [0, 0.05) is 24.8 Å². The van der Waals surface area contributed by atoms with Crippen LogP contribution in [0.1, 0.15) is 38.8 Å². The maximum absolute atomic E-state index is 12.7. The summed E-state index contributed by atoms with van der Waals surface area (Å²) in [6.45, 7) is 7.28. The standard InChI is InChI=1S/C23H28N4O5S/c1-15(24-20-18-11-6-7-12-19(18)33(30,31)26-20)21(28)25-17-10-8-9-16(13-17)14-27(5)22(29)32-23(2,3)4/h6-13,15H,14H2,1-5H3,(H,24,26)(H,25,28)/t15-/m0/s1. The van der Waals surface area contributed by atoms with Crippen LogP contribution in [0, 0.1) is 0 Å². The van der Waals surface area contributed by atoms with Gasteiger partial charge in [0.2, 0.25) is 5.91 Å². The lowest BCUT2D eigenvalue weighted by molar-refractivity contribution is -0.117. The Morgan fingerprint density at radius 2 is 1.85 bits per heavy atom. The molecule has 33 heavy (non-hydrogen) atoms. The number of nitrogens with zero attached hydrogens (tertiary/aromatic N) is 2. The summed E-state index contributed by atoms with van der Waals surface area (Å²) in [7, 11) is -2.04. The summed E-state index contributed by atoms with van der Waals surface area (Å²) in [6.07, 6.45) is -0.444. The third-order valence-electron chi connectivity index (χ3n) is 4.68. The summed E-state index contributed by atoms with van der Waals surface area (Å²) in [6, 6.07) is 12.7. The summed E-state index contributed by atoms with van der Waals surface area (Å²) >= 11 is 0. The van der Waals surface area contributed by atoms with Crippen molar-refractivity contribution in [2.45, 2.75) is 50.8 Å². The van der Waals surface area contributed by atoms with Gasteiger partial charge in [0.1, 0.15) is 17.5 Å². The second-order valence-corrected chi connectivity index (χ2v) is 10.4. The fourth-order valence-electron chi connectivity index (χ4n) is 3.15. The van der Waals surface area contributed by atoms with Gasteiger partial charge in [0.25, 0.3) is 10.0 Å². The number of sulfonamides is 1. The molecule has 0 unspecified atom stereocenters. The molecule has 1 heterocycles. The zero-order valence-corrected chi connectivity index (χ0v) is 20.1. The maximum atomic E-state index is 12.7. The zero-order chi connectivity index (χ0) is 24.4. The molecule has 2 N–H and O–H groups in total. The van der Waals surface area contributed by atoms with E-state index in [1.165, 1.54) is 11.0 Å². The molecule has 176 valence electrons. The number of hydrogen-bond acceptors (Lipinski definition) is 6. The number of carbonyl (C=O) groups is 2. The lowest BCUT2D eigenvalue weighted by atomic mass is 10.1. The van der Waals surface area contributed by atoms with Crippen LogP contribution in [0.3, 0.4) is 0 Å². The van der Waals surface area contributed by atoms with Gasteiger partial charge in [-0.2, -0.15) is 0 Å². The molecule has 0 aliphatic carbocycles. The molecule has 0 fully saturated rings. The fraction of sp³-hybridized carbons (Fsp3) is 0.348. The number of anilines is 1. The van der Waals surface area contributed by atoms with Gasteiger partial charge in [0.15, 0.2) is 0 Å². The molecule has 9 nitrogen and oxygen atoms in total. The van der Waals surface area contributed by atoms with Gasteiger partial charge in [-0.25, -0.2) is 13.2 Å². The normalized spacial score (nSPS) is 16.5.